The quantitative estimate of drug-likeness (QED) is 0.344. The Morgan fingerprint density at radius 1 is 1.08 bits per heavy atom. The van der Waals surface area contributed by atoms with Crippen LogP contribution in [-0.2, 0) is 11.8 Å². The van der Waals surface area contributed by atoms with Gasteiger partial charge in [0.2, 0.25) is 0 Å². The van der Waals surface area contributed by atoms with Gasteiger partial charge >= 0.3 is 0 Å². The summed E-state index contributed by atoms with van der Waals surface area (Å²) in [6.45, 7) is 21.0. The molecular formula is C34H43N3. The number of anilines is 1. The summed E-state index contributed by atoms with van der Waals surface area (Å²) in [4.78, 5) is 9.14. The van der Waals surface area contributed by atoms with Crippen molar-refractivity contribution >= 4 is 22.2 Å². The number of rotatable bonds is 7. The van der Waals surface area contributed by atoms with Crippen molar-refractivity contribution in [3.8, 4) is 12.3 Å². The predicted octanol–water partition coefficient (Wildman–Crippen LogP) is 7.50. The van der Waals surface area contributed by atoms with Crippen LogP contribution in [0.4, 0.5) is 5.69 Å². The standard InChI is InChI=1S/C34H43N3/c1-8-16-36(17-9-2)26-14-18-37(19-15-26)31-22-29-28(21-25(31)11-4)23(5)32-27-13-12-24(10-3)20-30(27)35-33(32)34(29,6)7/h3,12-13,20-22,26,35H,5,8-9,11,14-19H2,1-2,4,6-7H3. The fraction of sp³-hybridized carbons (Fsp3) is 0.471. The van der Waals surface area contributed by atoms with E-state index >= 15 is 0 Å². The molecule has 2 aliphatic rings. The topological polar surface area (TPSA) is 22.3 Å². The Bertz CT molecular complexity index is 1350. The lowest BCUT2D eigenvalue weighted by Crippen LogP contribution is -2.45. The van der Waals surface area contributed by atoms with E-state index < -0.39 is 0 Å². The lowest BCUT2D eigenvalue weighted by atomic mass is 9.69. The summed E-state index contributed by atoms with van der Waals surface area (Å²) < 4.78 is 0. The van der Waals surface area contributed by atoms with E-state index in [0.29, 0.717) is 0 Å². The number of H-pyrrole nitrogens is 1. The Hall–Kier alpha value is -2.96. The number of aromatic amines is 1. The minimum absolute atomic E-state index is 0.153. The number of hydrogen-bond acceptors (Lipinski definition) is 2. The molecule has 2 heterocycles. The third-order valence-electron chi connectivity index (χ3n) is 8.83. The van der Waals surface area contributed by atoms with Gasteiger partial charge in [0.25, 0.3) is 0 Å². The highest BCUT2D eigenvalue weighted by Gasteiger charge is 2.38. The van der Waals surface area contributed by atoms with Gasteiger partial charge in [-0.15, -0.1) is 6.42 Å². The third kappa shape index (κ3) is 4.30. The van der Waals surface area contributed by atoms with Gasteiger partial charge < -0.3 is 14.8 Å². The molecule has 1 aliphatic heterocycles. The highest BCUT2D eigenvalue weighted by atomic mass is 15.2. The van der Waals surface area contributed by atoms with Crippen molar-refractivity contribution in [3.63, 3.8) is 0 Å². The van der Waals surface area contributed by atoms with Crippen LogP contribution in [0.5, 0.6) is 0 Å². The molecule has 3 aromatic rings. The van der Waals surface area contributed by atoms with Crippen molar-refractivity contribution in [2.75, 3.05) is 31.1 Å². The van der Waals surface area contributed by atoms with Crippen molar-refractivity contribution < 1.29 is 0 Å². The molecule has 1 aromatic heterocycles. The van der Waals surface area contributed by atoms with Crippen molar-refractivity contribution in [2.24, 2.45) is 0 Å². The molecule has 1 N–H and O–H groups in total. The van der Waals surface area contributed by atoms with E-state index in [-0.39, 0.29) is 5.41 Å². The van der Waals surface area contributed by atoms with Crippen LogP contribution < -0.4 is 4.90 Å². The fourth-order valence-electron chi connectivity index (χ4n) is 6.84. The molecule has 0 bridgehead atoms. The van der Waals surface area contributed by atoms with Crippen LogP contribution in [-0.4, -0.2) is 42.1 Å². The molecular weight excluding hydrogens is 450 g/mol. The Morgan fingerprint density at radius 3 is 2.41 bits per heavy atom. The monoisotopic (exact) mass is 493 g/mol. The zero-order chi connectivity index (χ0) is 26.3. The maximum atomic E-state index is 5.70. The molecule has 5 rings (SSSR count). The Labute approximate surface area is 223 Å². The Balaban J connectivity index is 1.51. The summed E-state index contributed by atoms with van der Waals surface area (Å²) in [6, 6.07) is 12.0. The number of nitrogens with zero attached hydrogens (tertiary/aromatic N) is 2. The van der Waals surface area contributed by atoms with Crippen LogP contribution in [0, 0.1) is 12.3 Å². The van der Waals surface area contributed by atoms with Gasteiger partial charge in [0.15, 0.2) is 0 Å². The predicted molar refractivity (Wildman–Crippen MR) is 160 cm³/mol. The summed E-state index contributed by atoms with van der Waals surface area (Å²) >= 11 is 0. The second-order valence-corrected chi connectivity index (χ2v) is 11.5. The van der Waals surface area contributed by atoms with E-state index in [1.807, 2.05) is 6.07 Å². The van der Waals surface area contributed by atoms with Crippen LogP contribution in [0.2, 0.25) is 0 Å². The number of fused-ring (bicyclic) bond motifs is 4. The number of benzene rings is 2. The van der Waals surface area contributed by atoms with Gasteiger partial charge in [-0.3, -0.25) is 0 Å². The number of hydrogen-bond donors (Lipinski definition) is 1. The zero-order valence-corrected chi connectivity index (χ0v) is 23.5. The first kappa shape index (κ1) is 25.7. The fourth-order valence-corrected chi connectivity index (χ4v) is 6.84. The van der Waals surface area contributed by atoms with Gasteiger partial charge in [-0.25, -0.2) is 0 Å². The first-order valence-corrected chi connectivity index (χ1v) is 14.3. The maximum absolute atomic E-state index is 5.70. The van der Waals surface area contributed by atoms with E-state index in [4.69, 9.17) is 6.42 Å². The zero-order valence-electron chi connectivity index (χ0n) is 23.5. The third-order valence-corrected chi connectivity index (χ3v) is 8.83. The van der Waals surface area contributed by atoms with Crippen LogP contribution in [0.1, 0.15) is 93.8 Å². The highest BCUT2D eigenvalue weighted by Crippen LogP contribution is 2.50. The van der Waals surface area contributed by atoms with Gasteiger partial charge in [-0.05, 0) is 91.7 Å². The van der Waals surface area contributed by atoms with Crippen LogP contribution in [0.15, 0.2) is 36.9 Å². The average molecular weight is 494 g/mol. The largest absolute Gasteiger partial charge is 0.371 e. The first-order chi connectivity index (χ1) is 17.8. The SMILES string of the molecule is C#Cc1ccc2c3c([nH]c2c1)C(C)(C)c1cc(N2CCC(N(CCC)CCC)CC2)c(CC)cc1C3=C. The molecule has 1 saturated heterocycles. The van der Waals surface area contributed by atoms with E-state index in [9.17, 15) is 0 Å². The van der Waals surface area contributed by atoms with E-state index in [1.54, 1.807) is 0 Å². The molecule has 194 valence electrons. The van der Waals surface area contributed by atoms with Crippen LogP contribution in [0.3, 0.4) is 0 Å². The van der Waals surface area contributed by atoms with Crippen molar-refractivity contribution in [1.82, 2.24) is 9.88 Å². The molecule has 3 heteroatoms. The first-order valence-electron chi connectivity index (χ1n) is 14.3. The Morgan fingerprint density at radius 2 is 1.78 bits per heavy atom. The number of aryl methyl sites for hydroxylation is 1. The lowest BCUT2D eigenvalue weighted by Gasteiger charge is -2.41. The van der Waals surface area contributed by atoms with Gasteiger partial charge in [-0.1, -0.05) is 53.2 Å². The number of aromatic nitrogens is 1. The molecule has 0 spiro atoms. The minimum Gasteiger partial charge on any atom is -0.371 e. The molecule has 0 unspecified atom stereocenters. The Kier molecular flexibility index (Phi) is 6.99. The van der Waals surface area contributed by atoms with Crippen LogP contribution in [0.25, 0.3) is 16.5 Å². The molecule has 2 aromatic carbocycles. The lowest BCUT2D eigenvalue weighted by molar-refractivity contribution is 0.169. The summed E-state index contributed by atoms with van der Waals surface area (Å²) in [5, 5.41) is 1.21. The molecule has 3 nitrogen and oxygen atoms in total. The second kappa shape index (κ2) is 10.1. The van der Waals surface area contributed by atoms with Crippen molar-refractivity contribution in [3.05, 3.63) is 70.4 Å². The highest BCUT2D eigenvalue weighted by molar-refractivity contribution is 6.01. The number of terminal acetylenes is 1. The molecule has 0 amide bonds. The molecule has 0 atom stereocenters. The summed E-state index contributed by atoms with van der Waals surface area (Å²) in [7, 11) is 0. The van der Waals surface area contributed by atoms with Crippen molar-refractivity contribution in [1.29, 1.82) is 0 Å². The average Bonchev–Trinajstić information content (AvgIpc) is 3.31. The summed E-state index contributed by atoms with van der Waals surface area (Å²) in [5.41, 5.74) is 11.0. The van der Waals surface area contributed by atoms with Crippen LogP contribution >= 0.6 is 0 Å². The van der Waals surface area contributed by atoms with E-state index in [1.165, 1.54) is 77.8 Å². The number of piperidine rings is 1. The smallest absolute Gasteiger partial charge is 0.0475 e. The maximum Gasteiger partial charge on any atom is 0.0475 e. The molecule has 37 heavy (non-hydrogen) atoms. The molecule has 0 saturated carbocycles. The van der Waals surface area contributed by atoms with E-state index in [0.717, 1.165) is 42.2 Å². The summed E-state index contributed by atoms with van der Waals surface area (Å²) in [6.07, 6.45) is 11.7. The normalized spacial score (nSPS) is 17.2. The number of nitrogens with one attached hydrogen (secondary N) is 1. The molecule has 0 radical (unpaired) electrons. The minimum atomic E-state index is -0.153. The molecule has 1 aliphatic carbocycles. The van der Waals surface area contributed by atoms with Crippen molar-refractivity contribution in [2.45, 2.75) is 78.2 Å². The van der Waals surface area contributed by atoms with Gasteiger partial charge in [0, 0.05) is 58.0 Å². The summed E-state index contributed by atoms with van der Waals surface area (Å²) in [5.74, 6) is 2.78. The van der Waals surface area contributed by atoms with Gasteiger partial charge in [0.1, 0.15) is 0 Å². The second-order valence-electron chi connectivity index (χ2n) is 11.5. The van der Waals surface area contributed by atoms with Gasteiger partial charge in [-0.2, -0.15) is 0 Å². The van der Waals surface area contributed by atoms with E-state index in [2.05, 4.69) is 86.2 Å². The van der Waals surface area contributed by atoms with Gasteiger partial charge in [0.05, 0.1) is 0 Å². The molecule has 1 fully saturated rings.